The fourth-order valence-corrected chi connectivity index (χ4v) is 2.96. The summed E-state index contributed by atoms with van der Waals surface area (Å²) >= 11 is 0. The first-order valence-corrected chi connectivity index (χ1v) is 8.19. The molecule has 0 saturated heterocycles. The first-order valence-electron chi connectivity index (χ1n) is 6.97. The van der Waals surface area contributed by atoms with Gasteiger partial charge in [-0.2, -0.15) is 0 Å². The van der Waals surface area contributed by atoms with E-state index < -0.39 is 20.5 Å². The Morgan fingerprint density at radius 3 is 1.45 bits per heavy atom. The predicted octanol–water partition coefficient (Wildman–Crippen LogP) is 5.26. The van der Waals surface area contributed by atoms with Crippen LogP contribution in [-0.2, 0) is 13.6 Å². The molecule has 0 fully saturated rings. The topological polar surface area (TPSA) is 35.5 Å². The van der Waals surface area contributed by atoms with E-state index in [1.165, 1.54) is 0 Å². The molecule has 0 N–H and O–H groups in total. The lowest BCUT2D eigenvalue weighted by Gasteiger charge is -2.17. The van der Waals surface area contributed by atoms with E-state index in [0.29, 0.717) is 0 Å². The summed E-state index contributed by atoms with van der Waals surface area (Å²) < 4.78 is 23.2. The van der Waals surface area contributed by atoms with Crippen molar-refractivity contribution in [3.63, 3.8) is 0 Å². The van der Waals surface area contributed by atoms with Gasteiger partial charge in [-0.1, -0.05) is 72.8 Å². The normalized spacial score (nSPS) is 14.7. The van der Waals surface area contributed by atoms with Crippen molar-refractivity contribution >= 4 is 8.25 Å². The maximum absolute atomic E-state index is 12.2. The largest absolute Gasteiger partial charge is 0.320 e. The predicted molar refractivity (Wildman–Crippen MR) is 89.9 cm³/mol. The zero-order chi connectivity index (χ0) is 15.8. The molecular formula is C18H19O3P. The van der Waals surface area contributed by atoms with Gasteiger partial charge in [0.15, 0.2) is 0 Å². The second-order valence-corrected chi connectivity index (χ2v) is 5.59. The third kappa shape index (κ3) is 4.54. The standard InChI is InChI=1S/C18H19O3P/c1-3-17(15-11-7-5-8-12-15)20-22(19)21-18(4-2)16-13-9-6-10-14-16/h3-14,17-18,22H,1-2H2. The Hall–Kier alpha value is -1.93. The summed E-state index contributed by atoms with van der Waals surface area (Å²) in [5.74, 6) is 0. The van der Waals surface area contributed by atoms with Crippen LogP contribution in [0.4, 0.5) is 0 Å². The molecule has 22 heavy (non-hydrogen) atoms. The number of hydrogen-bond acceptors (Lipinski definition) is 3. The third-order valence-corrected chi connectivity index (χ3v) is 4.02. The second-order valence-electron chi connectivity index (χ2n) is 4.62. The van der Waals surface area contributed by atoms with Crippen LogP contribution >= 0.6 is 8.25 Å². The van der Waals surface area contributed by atoms with Gasteiger partial charge >= 0.3 is 8.25 Å². The molecule has 2 atom stereocenters. The maximum atomic E-state index is 12.2. The minimum absolute atomic E-state index is 0.464. The van der Waals surface area contributed by atoms with E-state index in [-0.39, 0.29) is 0 Å². The van der Waals surface area contributed by atoms with Crippen LogP contribution < -0.4 is 0 Å². The fraction of sp³-hybridized carbons (Fsp3) is 0.111. The van der Waals surface area contributed by atoms with Crippen molar-refractivity contribution in [1.82, 2.24) is 0 Å². The number of hydrogen-bond donors (Lipinski definition) is 0. The molecule has 0 aliphatic rings. The average Bonchev–Trinajstić information content (AvgIpc) is 2.59. The number of benzene rings is 2. The molecule has 0 radical (unpaired) electrons. The van der Waals surface area contributed by atoms with Crippen LogP contribution in [0.15, 0.2) is 86.0 Å². The average molecular weight is 314 g/mol. The molecule has 114 valence electrons. The van der Waals surface area contributed by atoms with Gasteiger partial charge in [0.1, 0.15) is 12.2 Å². The minimum Gasteiger partial charge on any atom is -0.298 e. The fourth-order valence-electron chi connectivity index (χ4n) is 2.03. The van der Waals surface area contributed by atoms with Crippen LogP contribution in [0.2, 0.25) is 0 Å². The molecule has 0 heterocycles. The zero-order valence-corrected chi connectivity index (χ0v) is 13.2. The Morgan fingerprint density at radius 2 is 1.14 bits per heavy atom. The SMILES string of the molecule is C=CC(O[PH](=O)OC(C=C)c1ccccc1)c1ccccc1. The second kappa shape index (κ2) is 8.50. The highest BCUT2D eigenvalue weighted by Gasteiger charge is 2.16. The van der Waals surface area contributed by atoms with E-state index in [2.05, 4.69) is 13.2 Å². The summed E-state index contributed by atoms with van der Waals surface area (Å²) in [5.41, 5.74) is 1.77. The van der Waals surface area contributed by atoms with Crippen molar-refractivity contribution in [3.8, 4) is 0 Å². The van der Waals surface area contributed by atoms with Gasteiger partial charge in [0.2, 0.25) is 0 Å². The molecule has 0 aliphatic carbocycles. The maximum Gasteiger partial charge on any atom is 0.320 e. The van der Waals surface area contributed by atoms with Crippen molar-refractivity contribution in [3.05, 3.63) is 97.1 Å². The van der Waals surface area contributed by atoms with Gasteiger partial charge in [0, 0.05) is 0 Å². The summed E-state index contributed by atoms with van der Waals surface area (Å²) in [6, 6.07) is 19.0. The van der Waals surface area contributed by atoms with Crippen molar-refractivity contribution in [2.75, 3.05) is 0 Å². The summed E-state index contributed by atoms with van der Waals surface area (Å²) in [4.78, 5) is 0. The van der Waals surface area contributed by atoms with Crippen LogP contribution in [0.25, 0.3) is 0 Å². The molecule has 0 aliphatic heterocycles. The van der Waals surface area contributed by atoms with Gasteiger partial charge in [-0.25, -0.2) is 0 Å². The zero-order valence-electron chi connectivity index (χ0n) is 12.2. The minimum atomic E-state index is -2.70. The molecule has 3 nitrogen and oxygen atoms in total. The van der Waals surface area contributed by atoms with E-state index in [1.54, 1.807) is 12.2 Å². The Balaban J connectivity index is 2.02. The lowest BCUT2D eigenvalue weighted by Crippen LogP contribution is -2.00. The first-order chi connectivity index (χ1) is 10.7. The highest BCUT2D eigenvalue weighted by atomic mass is 31.1. The Morgan fingerprint density at radius 1 is 0.773 bits per heavy atom. The van der Waals surface area contributed by atoms with Crippen molar-refractivity contribution in [2.45, 2.75) is 12.2 Å². The van der Waals surface area contributed by atoms with E-state index in [9.17, 15) is 4.57 Å². The lowest BCUT2D eigenvalue weighted by atomic mass is 10.1. The van der Waals surface area contributed by atoms with Crippen LogP contribution in [0.5, 0.6) is 0 Å². The Labute approximate surface area is 131 Å². The highest BCUT2D eigenvalue weighted by molar-refractivity contribution is 7.33. The summed E-state index contributed by atoms with van der Waals surface area (Å²) in [6.45, 7) is 7.45. The van der Waals surface area contributed by atoms with Crippen LogP contribution in [0, 0.1) is 0 Å². The molecule has 0 aromatic heterocycles. The number of rotatable bonds is 8. The molecule has 2 aromatic rings. The van der Waals surface area contributed by atoms with Gasteiger partial charge in [0.25, 0.3) is 0 Å². The molecule has 4 heteroatoms. The van der Waals surface area contributed by atoms with Gasteiger partial charge in [0.05, 0.1) is 0 Å². The molecule has 0 saturated carbocycles. The molecule has 2 rings (SSSR count). The summed E-state index contributed by atoms with van der Waals surface area (Å²) in [5, 5.41) is 0. The molecule has 2 aromatic carbocycles. The Bertz CT molecular complexity index is 570. The molecule has 0 amide bonds. The summed E-state index contributed by atoms with van der Waals surface area (Å²) in [7, 11) is -2.70. The van der Waals surface area contributed by atoms with Crippen LogP contribution in [-0.4, -0.2) is 0 Å². The van der Waals surface area contributed by atoms with Crippen molar-refractivity contribution in [2.24, 2.45) is 0 Å². The van der Waals surface area contributed by atoms with Crippen molar-refractivity contribution in [1.29, 1.82) is 0 Å². The third-order valence-electron chi connectivity index (χ3n) is 3.13. The highest BCUT2D eigenvalue weighted by Crippen LogP contribution is 2.38. The molecule has 0 spiro atoms. The van der Waals surface area contributed by atoms with E-state index >= 15 is 0 Å². The van der Waals surface area contributed by atoms with Crippen molar-refractivity contribution < 1.29 is 13.6 Å². The van der Waals surface area contributed by atoms with E-state index in [1.807, 2.05) is 60.7 Å². The van der Waals surface area contributed by atoms with Gasteiger partial charge in [-0.15, -0.1) is 13.2 Å². The lowest BCUT2D eigenvalue weighted by molar-refractivity contribution is 0.170. The van der Waals surface area contributed by atoms with Crippen LogP contribution in [0.3, 0.4) is 0 Å². The Kier molecular flexibility index (Phi) is 6.35. The van der Waals surface area contributed by atoms with Crippen LogP contribution in [0.1, 0.15) is 23.3 Å². The molecule has 2 unspecified atom stereocenters. The smallest absolute Gasteiger partial charge is 0.298 e. The van der Waals surface area contributed by atoms with E-state index in [0.717, 1.165) is 11.1 Å². The molecular weight excluding hydrogens is 295 g/mol. The quantitative estimate of drug-likeness (QED) is 0.492. The monoisotopic (exact) mass is 314 g/mol. The van der Waals surface area contributed by atoms with Gasteiger partial charge in [-0.3, -0.25) is 13.6 Å². The van der Waals surface area contributed by atoms with Gasteiger partial charge < -0.3 is 0 Å². The van der Waals surface area contributed by atoms with E-state index in [4.69, 9.17) is 9.05 Å². The van der Waals surface area contributed by atoms with Gasteiger partial charge in [-0.05, 0) is 11.1 Å². The molecule has 0 bridgehead atoms. The first kappa shape index (κ1) is 16.4. The summed E-state index contributed by atoms with van der Waals surface area (Å²) in [6.07, 6.45) is 2.28.